The monoisotopic (exact) mass is 265 g/mol. The van der Waals surface area contributed by atoms with E-state index in [0.717, 1.165) is 11.6 Å². The lowest BCUT2D eigenvalue weighted by molar-refractivity contribution is 0.601. The molecule has 5 heteroatoms. The van der Waals surface area contributed by atoms with Crippen molar-refractivity contribution in [3.05, 3.63) is 59.9 Å². The van der Waals surface area contributed by atoms with Crippen LogP contribution in [0.2, 0.25) is 0 Å². The maximum atomic E-state index is 13.0. The number of halogens is 1. The van der Waals surface area contributed by atoms with Crippen LogP contribution in [-0.2, 0) is 10.0 Å². The van der Waals surface area contributed by atoms with Gasteiger partial charge in [-0.1, -0.05) is 23.8 Å². The highest BCUT2D eigenvalue weighted by Crippen LogP contribution is 2.17. The van der Waals surface area contributed by atoms with Crippen LogP contribution in [0.3, 0.4) is 0 Å². The van der Waals surface area contributed by atoms with Crippen LogP contribution in [0.4, 0.5) is 10.1 Å². The fourth-order valence-corrected chi connectivity index (χ4v) is 2.53. The van der Waals surface area contributed by atoms with E-state index >= 15 is 0 Å². The van der Waals surface area contributed by atoms with Gasteiger partial charge in [-0.3, -0.25) is 4.72 Å². The zero-order valence-corrected chi connectivity index (χ0v) is 10.5. The molecular weight excluding hydrogens is 253 g/mol. The van der Waals surface area contributed by atoms with E-state index in [9.17, 15) is 12.8 Å². The molecule has 18 heavy (non-hydrogen) atoms. The second kappa shape index (κ2) is 4.78. The number of aryl methyl sites for hydroxylation is 1. The number of rotatable bonds is 3. The molecule has 0 aliphatic rings. The first-order chi connectivity index (χ1) is 8.47. The summed E-state index contributed by atoms with van der Waals surface area (Å²) in [7, 11) is -3.66. The molecule has 2 rings (SSSR count). The topological polar surface area (TPSA) is 46.2 Å². The van der Waals surface area contributed by atoms with E-state index in [2.05, 4.69) is 4.72 Å². The van der Waals surface area contributed by atoms with Crippen LogP contribution in [0.25, 0.3) is 0 Å². The first kappa shape index (κ1) is 12.6. The molecule has 0 heterocycles. The molecule has 2 aromatic rings. The Morgan fingerprint density at radius 1 is 1.06 bits per heavy atom. The van der Waals surface area contributed by atoms with Gasteiger partial charge in [0.1, 0.15) is 5.82 Å². The maximum Gasteiger partial charge on any atom is 0.261 e. The quantitative estimate of drug-likeness (QED) is 0.927. The van der Waals surface area contributed by atoms with E-state index in [1.165, 1.54) is 30.3 Å². The minimum Gasteiger partial charge on any atom is -0.280 e. The number of anilines is 1. The van der Waals surface area contributed by atoms with Crippen LogP contribution in [0.5, 0.6) is 0 Å². The second-order valence-electron chi connectivity index (χ2n) is 3.93. The Bertz CT molecular complexity index is 651. The van der Waals surface area contributed by atoms with Crippen molar-refractivity contribution in [3.63, 3.8) is 0 Å². The number of hydrogen-bond acceptors (Lipinski definition) is 2. The molecule has 0 bridgehead atoms. The highest BCUT2D eigenvalue weighted by molar-refractivity contribution is 7.92. The summed E-state index contributed by atoms with van der Waals surface area (Å²) < 4.78 is 39.3. The standard InChI is InChI=1S/C13H12FNO2S/c1-10-5-7-13(8-6-10)18(16,17)15-12-4-2-3-11(14)9-12/h2-9,15H,1H3. The molecule has 0 aliphatic carbocycles. The predicted molar refractivity (Wildman–Crippen MR) is 68.4 cm³/mol. The summed E-state index contributed by atoms with van der Waals surface area (Å²) in [5, 5.41) is 0. The van der Waals surface area contributed by atoms with Crippen LogP contribution in [0, 0.1) is 12.7 Å². The van der Waals surface area contributed by atoms with Crippen molar-refractivity contribution in [1.29, 1.82) is 0 Å². The highest BCUT2D eigenvalue weighted by atomic mass is 32.2. The molecule has 0 amide bonds. The van der Waals surface area contributed by atoms with E-state index in [-0.39, 0.29) is 10.6 Å². The number of nitrogens with one attached hydrogen (secondary N) is 1. The summed E-state index contributed by atoms with van der Waals surface area (Å²) in [6.45, 7) is 1.87. The lowest BCUT2D eigenvalue weighted by Gasteiger charge is -2.08. The third-order valence-corrected chi connectivity index (χ3v) is 3.81. The number of hydrogen-bond donors (Lipinski definition) is 1. The maximum absolute atomic E-state index is 13.0. The van der Waals surface area contributed by atoms with Gasteiger partial charge in [0.25, 0.3) is 10.0 Å². The predicted octanol–water partition coefficient (Wildman–Crippen LogP) is 2.93. The molecule has 0 fully saturated rings. The Kier molecular flexibility index (Phi) is 3.34. The van der Waals surface area contributed by atoms with Crippen molar-refractivity contribution in [3.8, 4) is 0 Å². The van der Waals surface area contributed by atoms with Crippen LogP contribution in [0.15, 0.2) is 53.4 Å². The Balaban J connectivity index is 2.30. The summed E-state index contributed by atoms with van der Waals surface area (Å²) in [6, 6.07) is 11.8. The third kappa shape index (κ3) is 2.87. The van der Waals surface area contributed by atoms with Crippen LogP contribution >= 0.6 is 0 Å². The van der Waals surface area contributed by atoms with Gasteiger partial charge in [0, 0.05) is 0 Å². The smallest absolute Gasteiger partial charge is 0.261 e. The summed E-state index contributed by atoms with van der Waals surface area (Å²) in [5.41, 5.74) is 1.18. The van der Waals surface area contributed by atoms with Crippen molar-refractivity contribution in [2.45, 2.75) is 11.8 Å². The molecule has 0 aliphatic heterocycles. The van der Waals surface area contributed by atoms with E-state index in [1.807, 2.05) is 6.92 Å². The molecular formula is C13H12FNO2S. The van der Waals surface area contributed by atoms with E-state index in [4.69, 9.17) is 0 Å². The molecule has 0 unspecified atom stereocenters. The first-order valence-corrected chi connectivity index (χ1v) is 6.81. The fourth-order valence-electron chi connectivity index (χ4n) is 1.48. The molecule has 3 nitrogen and oxygen atoms in total. The normalized spacial score (nSPS) is 11.2. The third-order valence-electron chi connectivity index (χ3n) is 2.41. The molecule has 0 saturated heterocycles. The second-order valence-corrected chi connectivity index (χ2v) is 5.61. The van der Waals surface area contributed by atoms with Gasteiger partial charge in [-0.25, -0.2) is 12.8 Å². The summed E-state index contributed by atoms with van der Waals surface area (Å²) in [4.78, 5) is 0.150. The molecule has 1 N–H and O–H groups in total. The van der Waals surface area contributed by atoms with Gasteiger partial charge in [-0.05, 0) is 37.3 Å². The summed E-state index contributed by atoms with van der Waals surface area (Å²) in [5.74, 6) is -0.487. The molecule has 0 spiro atoms. The van der Waals surface area contributed by atoms with Crippen molar-refractivity contribution < 1.29 is 12.8 Å². The number of benzene rings is 2. The Labute approximate surface area is 105 Å². The van der Waals surface area contributed by atoms with Crippen molar-refractivity contribution in [1.82, 2.24) is 0 Å². The molecule has 2 aromatic carbocycles. The van der Waals surface area contributed by atoms with Gasteiger partial charge < -0.3 is 0 Å². The van der Waals surface area contributed by atoms with Gasteiger partial charge >= 0.3 is 0 Å². The minimum absolute atomic E-state index is 0.150. The minimum atomic E-state index is -3.66. The van der Waals surface area contributed by atoms with Gasteiger partial charge in [-0.15, -0.1) is 0 Å². The zero-order chi connectivity index (χ0) is 13.2. The largest absolute Gasteiger partial charge is 0.280 e. The van der Waals surface area contributed by atoms with Gasteiger partial charge in [-0.2, -0.15) is 0 Å². The van der Waals surface area contributed by atoms with Crippen molar-refractivity contribution >= 4 is 15.7 Å². The van der Waals surface area contributed by atoms with Gasteiger partial charge in [0.15, 0.2) is 0 Å². The average Bonchev–Trinajstić information content (AvgIpc) is 2.29. The summed E-state index contributed by atoms with van der Waals surface area (Å²) >= 11 is 0. The van der Waals surface area contributed by atoms with Crippen molar-refractivity contribution in [2.75, 3.05) is 4.72 Å². The Morgan fingerprint density at radius 3 is 2.33 bits per heavy atom. The van der Waals surface area contributed by atoms with Gasteiger partial charge in [0.2, 0.25) is 0 Å². The Hall–Kier alpha value is -1.88. The number of sulfonamides is 1. The lowest BCUT2D eigenvalue weighted by atomic mass is 10.2. The fraction of sp³-hybridized carbons (Fsp3) is 0.0769. The molecule has 94 valence electrons. The first-order valence-electron chi connectivity index (χ1n) is 5.32. The molecule has 0 saturated carbocycles. The lowest BCUT2D eigenvalue weighted by Crippen LogP contribution is -2.12. The van der Waals surface area contributed by atoms with Crippen molar-refractivity contribution in [2.24, 2.45) is 0 Å². The van der Waals surface area contributed by atoms with Gasteiger partial charge in [0.05, 0.1) is 10.6 Å². The SMILES string of the molecule is Cc1ccc(S(=O)(=O)Nc2cccc(F)c2)cc1. The van der Waals surface area contributed by atoms with Crippen LogP contribution in [0.1, 0.15) is 5.56 Å². The van der Waals surface area contributed by atoms with E-state index in [1.54, 1.807) is 12.1 Å². The highest BCUT2D eigenvalue weighted by Gasteiger charge is 2.13. The molecule has 0 aromatic heterocycles. The molecule has 0 atom stereocenters. The van der Waals surface area contributed by atoms with Crippen LogP contribution in [-0.4, -0.2) is 8.42 Å². The van der Waals surface area contributed by atoms with E-state index < -0.39 is 15.8 Å². The molecule has 0 radical (unpaired) electrons. The Morgan fingerprint density at radius 2 is 1.72 bits per heavy atom. The van der Waals surface area contributed by atoms with Crippen LogP contribution < -0.4 is 4.72 Å². The zero-order valence-electron chi connectivity index (χ0n) is 9.72. The summed E-state index contributed by atoms with van der Waals surface area (Å²) in [6.07, 6.45) is 0. The average molecular weight is 265 g/mol. The van der Waals surface area contributed by atoms with E-state index in [0.29, 0.717) is 0 Å².